The molecule has 0 aliphatic heterocycles. The van der Waals surface area contributed by atoms with Crippen molar-refractivity contribution >= 4 is 11.6 Å². The number of aryl methyl sites for hydroxylation is 1. The van der Waals surface area contributed by atoms with Crippen LogP contribution in [0.4, 0.5) is 0 Å². The Morgan fingerprint density at radius 3 is 2.60 bits per heavy atom. The second-order valence-electron chi connectivity index (χ2n) is 4.27. The molecule has 1 aromatic rings. The summed E-state index contributed by atoms with van der Waals surface area (Å²) in [6, 6.07) is 5.73. The molecule has 0 aromatic heterocycles. The van der Waals surface area contributed by atoms with Gasteiger partial charge in [-0.3, -0.25) is 0 Å². The summed E-state index contributed by atoms with van der Waals surface area (Å²) < 4.78 is 0. The lowest BCUT2D eigenvalue weighted by atomic mass is 9.96. The number of aliphatic hydroxyl groups is 1. The zero-order valence-electron chi connectivity index (χ0n) is 9.63. The molecule has 84 valence electrons. The van der Waals surface area contributed by atoms with Gasteiger partial charge in [0.15, 0.2) is 0 Å². The van der Waals surface area contributed by atoms with E-state index in [4.69, 9.17) is 11.6 Å². The van der Waals surface area contributed by atoms with Gasteiger partial charge in [-0.2, -0.15) is 0 Å². The number of rotatable bonds is 4. The SMILES string of the molecule is CCC(C)CC(O)c1ccc(Cl)c(C)c1. The molecule has 0 heterocycles. The van der Waals surface area contributed by atoms with Gasteiger partial charge in [0, 0.05) is 5.02 Å². The quantitative estimate of drug-likeness (QED) is 0.819. The Morgan fingerprint density at radius 2 is 2.07 bits per heavy atom. The first-order chi connectivity index (χ1) is 7.04. The van der Waals surface area contributed by atoms with Gasteiger partial charge in [-0.05, 0) is 36.5 Å². The van der Waals surface area contributed by atoms with Gasteiger partial charge in [-0.25, -0.2) is 0 Å². The van der Waals surface area contributed by atoms with Gasteiger partial charge in [0.1, 0.15) is 0 Å². The molecule has 2 unspecified atom stereocenters. The third-order valence-corrected chi connectivity index (χ3v) is 3.31. The Balaban J connectivity index is 2.73. The number of hydrogen-bond donors (Lipinski definition) is 1. The van der Waals surface area contributed by atoms with Crippen LogP contribution < -0.4 is 0 Å². The first-order valence-corrected chi connectivity index (χ1v) is 5.86. The summed E-state index contributed by atoms with van der Waals surface area (Å²) in [4.78, 5) is 0. The Morgan fingerprint density at radius 1 is 1.40 bits per heavy atom. The average molecular weight is 227 g/mol. The molecule has 0 saturated heterocycles. The summed E-state index contributed by atoms with van der Waals surface area (Å²) in [7, 11) is 0. The van der Waals surface area contributed by atoms with Crippen molar-refractivity contribution in [1.82, 2.24) is 0 Å². The molecule has 1 aromatic carbocycles. The molecule has 1 rings (SSSR count). The summed E-state index contributed by atoms with van der Waals surface area (Å²) in [6.07, 6.45) is 1.55. The minimum Gasteiger partial charge on any atom is -0.388 e. The molecule has 0 fully saturated rings. The number of hydrogen-bond acceptors (Lipinski definition) is 1. The molecule has 0 radical (unpaired) electrons. The van der Waals surface area contributed by atoms with E-state index in [-0.39, 0.29) is 6.10 Å². The van der Waals surface area contributed by atoms with Crippen molar-refractivity contribution in [2.45, 2.75) is 39.7 Å². The zero-order valence-corrected chi connectivity index (χ0v) is 10.4. The van der Waals surface area contributed by atoms with E-state index in [1.165, 1.54) is 0 Å². The number of benzene rings is 1. The lowest BCUT2D eigenvalue weighted by Crippen LogP contribution is -2.04. The van der Waals surface area contributed by atoms with E-state index >= 15 is 0 Å². The zero-order chi connectivity index (χ0) is 11.4. The average Bonchev–Trinajstić information content (AvgIpc) is 2.21. The fourth-order valence-corrected chi connectivity index (χ4v) is 1.68. The molecule has 0 spiro atoms. The normalized spacial score (nSPS) is 15.0. The summed E-state index contributed by atoms with van der Waals surface area (Å²) >= 11 is 5.94. The molecule has 0 saturated carbocycles. The van der Waals surface area contributed by atoms with Crippen LogP contribution in [0.3, 0.4) is 0 Å². The molecule has 0 aliphatic rings. The number of halogens is 1. The standard InChI is InChI=1S/C13H19ClO/c1-4-9(2)7-13(15)11-5-6-12(14)10(3)8-11/h5-6,8-9,13,15H,4,7H2,1-3H3. The first kappa shape index (κ1) is 12.5. The fourth-order valence-electron chi connectivity index (χ4n) is 1.56. The van der Waals surface area contributed by atoms with Crippen molar-refractivity contribution in [3.05, 3.63) is 34.3 Å². The van der Waals surface area contributed by atoms with Crippen LogP contribution >= 0.6 is 11.6 Å². The van der Waals surface area contributed by atoms with Crippen LogP contribution in [-0.2, 0) is 0 Å². The van der Waals surface area contributed by atoms with Gasteiger partial charge >= 0.3 is 0 Å². The van der Waals surface area contributed by atoms with Crippen molar-refractivity contribution in [3.8, 4) is 0 Å². The van der Waals surface area contributed by atoms with E-state index in [0.29, 0.717) is 5.92 Å². The lowest BCUT2D eigenvalue weighted by molar-refractivity contribution is 0.146. The summed E-state index contributed by atoms with van der Waals surface area (Å²) in [6.45, 7) is 6.26. The molecule has 1 nitrogen and oxygen atoms in total. The Hall–Kier alpha value is -0.530. The molecular formula is C13H19ClO. The van der Waals surface area contributed by atoms with E-state index in [2.05, 4.69) is 13.8 Å². The van der Waals surface area contributed by atoms with Gasteiger partial charge in [0.25, 0.3) is 0 Å². The minimum atomic E-state index is -0.365. The van der Waals surface area contributed by atoms with Gasteiger partial charge in [0.2, 0.25) is 0 Å². The van der Waals surface area contributed by atoms with E-state index in [9.17, 15) is 5.11 Å². The van der Waals surface area contributed by atoms with Crippen LogP contribution in [-0.4, -0.2) is 5.11 Å². The van der Waals surface area contributed by atoms with Gasteiger partial charge in [0.05, 0.1) is 6.10 Å². The number of aliphatic hydroxyl groups excluding tert-OH is 1. The van der Waals surface area contributed by atoms with Crippen LogP contribution in [0.2, 0.25) is 5.02 Å². The van der Waals surface area contributed by atoms with E-state index in [1.807, 2.05) is 25.1 Å². The van der Waals surface area contributed by atoms with Crippen LogP contribution in [0.15, 0.2) is 18.2 Å². The summed E-state index contributed by atoms with van der Waals surface area (Å²) in [5, 5.41) is 10.8. The van der Waals surface area contributed by atoms with Crippen molar-refractivity contribution in [3.63, 3.8) is 0 Å². The third kappa shape index (κ3) is 3.51. The molecule has 1 N–H and O–H groups in total. The molecule has 2 heteroatoms. The van der Waals surface area contributed by atoms with E-state index in [1.54, 1.807) is 0 Å². The molecular weight excluding hydrogens is 208 g/mol. The molecule has 15 heavy (non-hydrogen) atoms. The fraction of sp³-hybridized carbons (Fsp3) is 0.538. The van der Waals surface area contributed by atoms with Crippen molar-refractivity contribution in [2.24, 2.45) is 5.92 Å². The minimum absolute atomic E-state index is 0.365. The highest BCUT2D eigenvalue weighted by atomic mass is 35.5. The monoisotopic (exact) mass is 226 g/mol. The summed E-state index contributed by atoms with van der Waals surface area (Å²) in [5.41, 5.74) is 1.99. The Kier molecular flexibility index (Phi) is 4.62. The Bertz CT molecular complexity index is 322. The highest BCUT2D eigenvalue weighted by molar-refractivity contribution is 6.31. The topological polar surface area (TPSA) is 20.2 Å². The molecule has 0 bridgehead atoms. The first-order valence-electron chi connectivity index (χ1n) is 5.48. The highest BCUT2D eigenvalue weighted by Crippen LogP contribution is 2.25. The molecule has 2 atom stereocenters. The second kappa shape index (κ2) is 5.53. The predicted molar refractivity (Wildman–Crippen MR) is 65.2 cm³/mol. The maximum absolute atomic E-state index is 9.99. The van der Waals surface area contributed by atoms with Crippen LogP contribution in [0.1, 0.15) is 43.9 Å². The van der Waals surface area contributed by atoms with Gasteiger partial charge < -0.3 is 5.11 Å². The summed E-state index contributed by atoms with van der Waals surface area (Å²) in [5.74, 6) is 0.552. The Labute approximate surface area is 97.1 Å². The van der Waals surface area contributed by atoms with Crippen molar-refractivity contribution in [2.75, 3.05) is 0 Å². The smallest absolute Gasteiger partial charge is 0.0792 e. The largest absolute Gasteiger partial charge is 0.388 e. The lowest BCUT2D eigenvalue weighted by Gasteiger charge is -2.16. The predicted octanol–water partition coefficient (Wildman–Crippen LogP) is 4.12. The van der Waals surface area contributed by atoms with Crippen LogP contribution in [0, 0.1) is 12.8 Å². The maximum Gasteiger partial charge on any atom is 0.0792 e. The maximum atomic E-state index is 9.99. The van der Waals surface area contributed by atoms with E-state index in [0.717, 1.165) is 29.0 Å². The van der Waals surface area contributed by atoms with Crippen molar-refractivity contribution in [1.29, 1.82) is 0 Å². The molecule has 0 aliphatic carbocycles. The van der Waals surface area contributed by atoms with Gasteiger partial charge in [-0.15, -0.1) is 0 Å². The van der Waals surface area contributed by atoms with Crippen LogP contribution in [0.5, 0.6) is 0 Å². The third-order valence-electron chi connectivity index (χ3n) is 2.89. The highest BCUT2D eigenvalue weighted by Gasteiger charge is 2.11. The van der Waals surface area contributed by atoms with Crippen molar-refractivity contribution < 1.29 is 5.11 Å². The van der Waals surface area contributed by atoms with Crippen LogP contribution in [0.25, 0.3) is 0 Å². The van der Waals surface area contributed by atoms with E-state index < -0.39 is 0 Å². The molecule has 0 amide bonds. The second-order valence-corrected chi connectivity index (χ2v) is 4.68. The van der Waals surface area contributed by atoms with Gasteiger partial charge in [-0.1, -0.05) is 44.0 Å².